The number of hydrogen-bond acceptors (Lipinski definition) is 5. The van der Waals surface area contributed by atoms with Crippen molar-refractivity contribution in [2.45, 2.75) is 41.5 Å². The number of hydrogen-bond donors (Lipinski definition) is 0. The molecule has 0 atom stereocenters. The van der Waals surface area contributed by atoms with Crippen molar-refractivity contribution in [2.24, 2.45) is 0 Å². The van der Waals surface area contributed by atoms with Gasteiger partial charge in [0.2, 0.25) is 0 Å². The summed E-state index contributed by atoms with van der Waals surface area (Å²) < 4.78 is 27.2. The first-order chi connectivity index (χ1) is 14.9. The normalized spacial score (nSPS) is 10.2. The van der Waals surface area contributed by atoms with Crippen molar-refractivity contribution in [3.63, 3.8) is 0 Å². The van der Waals surface area contributed by atoms with Gasteiger partial charge in [-0.3, -0.25) is 0 Å². The van der Waals surface area contributed by atoms with Crippen molar-refractivity contribution in [3.8, 4) is 22.5 Å². The average molecular weight is 440 g/mol. The van der Waals surface area contributed by atoms with Crippen molar-refractivity contribution in [2.75, 3.05) is 6.26 Å². The Bertz CT molecular complexity index is 1150. The number of fused-ring (bicyclic) bond motifs is 4. The van der Waals surface area contributed by atoms with Crippen molar-refractivity contribution in [1.29, 1.82) is 0 Å². The molecule has 1 aromatic heterocycles. The van der Waals surface area contributed by atoms with Gasteiger partial charge in [-0.25, -0.2) is 18.4 Å². The maximum Gasteiger partial charge on any atom is 0.0979 e. The van der Waals surface area contributed by atoms with E-state index in [1.54, 1.807) is 0 Å². The number of nitrogens with zero attached hydrogens (tertiary/aromatic N) is 2. The zero-order chi connectivity index (χ0) is 23.6. The van der Waals surface area contributed by atoms with Crippen LogP contribution < -0.4 is 0 Å². The Hall–Kier alpha value is -2.83. The van der Waals surface area contributed by atoms with Crippen LogP contribution in [0.1, 0.15) is 41.5 Å². The largest absolute Gasteiger partial charge is 0.748 e. The minimum atomic E-state index is -3.92. The van der Waals surface area contributed by atoms with Gasteiger partial charge in [-0.15, -0.1) is 0 Å². The van der Waals surface area contributed by atoms with Gasteiger partial charge in [0.25, 0.3) is 0 Å². The highest BCUT2D eigenvalue weighted by Gasteiger charge is 2.23. The van der Waals surface area contributed by atoms with E-state index in [0.29, 0.717) is 6.26 Å². The second-order valence-corrected chi connectivity index (χ2v) is 7.23. The van der Waals surface area contributed by atoms with E-state index in [1.807, 2.05) is 65.8 Å². The Balaban J connectivity index is 0.000000378. The molecule has 1 heterocycles. The molecule has 3 aromatic carbocycles. The van der Waals surface area contributed by atoms with Crippen LogP contribution in [-0.4, -0.2) is 29.2 Å². The molecule has 0 radical (unpaired) electrons. The minimum absolute atomic E-state index is 0.604. The molecule has 4 aromatic rings. The molecule has 0 N–H and O–H groups in total. The number of benzene rings is 3. The SMILES string of the molecule is CC.CC.CC.CS(=O)(=O)[O-].c1cc2c3c(cccc3c1)-c1nc3ccccc3nc1-2. The van der Waals surface area contributed by atoms with Gasteiger partial charge in [-0.1, -0.05) is 90.1 Å². The Morgan fingerprint density at radius 1 is 0.645 bits per heavy atom. The fraction of sp³-hybridized carbons (Fsp3) is 0.280. The lowest BCUT2D eigenvalue weighted by molar-refractivity contribution is 0.470. The lowest BCUT2D eigenvalue weighted by Gasteiger charge is -2.02. The lowest BCUT2D eigenvalue weighted by Crippen LogP contribution is -1.89. The molecule has 1 aliphatic carbocycles. The molecule has 166 valence electrons. The van der Waals surface area contributed by atoms with E-state index in [0.717, 1.165) is 22.4 Å². The third-order valence-corrected chi connectivity index (χ3v) is 3.99. The van der Waals surface area contributed by atoms with E-state index in [2.05, 4.69) is 36.4 Å². The second-order valence-electron chi connectivity index (χ2n) is 5.82. The summed E-state index contributed by atoms with van der Waals surface area (Å²) in [5, 5.41) is 2.53. The van der Waals surface area contributed by atoms with E-state index in [1.165, 1.54) is 21.9 Å². The standard InChI is InChI=1S/C18H10N2.3C2H6.CH4O3S/c1-2-10-15-14(9-1)19-17-12-7-3-5-11-6-4-8-13(16(11)12)18(17)20-15;3*1-2;1-5(2,3)4/h1-10H;3*1-2H3;1H3,(H,2,3,4)/p-1. The van der Waals surface area contributed by atoms with Crippen molar-refractivity contribution >= 4 is 31.9 Å². The van der Waals surface area contributed by atoms with Crippen LogP contribution in [0.3, 0.4) is 0 Å². The first kappa shape index (κ1) is 26.2. The van der Waals surface area contributed by atoms with E-state index < -0.39 is 10.1 Å². The Kier molecular flexibility index (Phi) is 10.3. The number of aromatic nitrogens is 2. The predicted octanol–water partition coefficient (Wildman–Crippen LogP) is 6.67. The molecular weight excluding hydrogens is 408 g/mol. The van der Waals surface area contributed by atoms with Crippen LogP contribution in [0, 0.1) is 0 Å². The maximum atomic E-state index is 9.08. The number of rotatable bonds is 0. The third-order valence-electron chi connectivity index (χ3n) is 3.99. The fourth-order valence-electron chi connectivity index (χ4n) is 3.11. The zero-order valence-electron chi connectivity index (χ0n) is 19.3. The first-order valence-corrected chi connectivity index (χ1v) is 12.4. The summed E-state index contributed by atoms with van der Waals surface area (Å²) in [6, 6.07) is 20.8. The van der Waals surface area contributed by atoms with Gasteiger partial charge in [0.05, 0.1) is 32.5 Å². The Labute approximate surface area is 185 Å². The summed E-state index contributed by atoms with van der Waals surface area (Å²) in [6.07, 6.45) is 0.604. The Morgan fingerprint density at radius 3 is 1.35 bits per heavy atom. The molecule has 31 heavy (non-hydrogen) atoms. The molecule has 0 amide bonds. The molecule has 0 fully saturated rings. The lowest BCUT2D eigenvalue weighted by atomic mass is 10.0. The van der Waals surface area contributed by atoms with Crippen LogP contribution in [0.25, 0.3) is 44.3 Å². The van der Waals surface area contributed by atoms with Gasteiger partial charge >= 0.3 is 0 Å². The van der Waals surface area contributed by atoms with Crippen molar-refractivity contribution < 1.29 is 13.0 Å². The third kappa shape index (κ3) is 6.32. The van der Waals surface area contributed by atoms with Crippen LogP contribution in [-0.2, 0) is 10.1 Å². The van der Waals surface area contributed by atoms with E-state index >= 15 is 0 Å². The summed E-state index contributed by atoms with van der Waals surface area (Å²) in [5.74, 6) is 0. The molecule has 0 saturated heterocycles. The average Bonchev–Trinajstić information content (AvgIpc) is 3.10. The molecule has 0 bridgehead atoms. The molecule has 1 aliphatic rings. The first-order valence-electron chi connectivity index (χ1n) is 10.6. The smallest absolute Gasteiger partial charge is 0.0979 e. The summed E-state index contributed by atoms with van der Waals surface area (Å²) in [5.41, 5.74) is 6.33. The van der Waals surface area contributed by atoms with E-state index in [4.69, 9.17) is 22.9 Å². The van der Waals surface area contributed by atoms with Crippen molar-refractivity contribution in [3.05, 3.63) is 60.7 Å². The fourth-order valence-corrected chi connectivity index (χ4v) is 3.11. The van der Waals surface area contributed by atoms with Gasteiger partial charge in [0.1, 0.15) is 0 Å². The maximum absolute atomic E-state index is 9.08. The number of para-hydroxylation sites is 2. The highest BCUT2D eigenvalue weighted by molar-refractivity contribution is 7.84. The van der Waals surface area contributed by atoms with Crippen LogP contribution in [0.5, 0.6) is 0 Å². The van der Waals surface area contributed by atoms with Gasteiger partial charge in [0, 0.05) is 22.8 Å². The van der Waals surface area contributed by atoms with E-state index in [9.17, 15) is 0 Å². The van der Waals surface area contributed by atoms with Gasteiger partial charge in [-0.05, 0) is 17.5 Å². The molecule has 5 rings (SSSR count). The van der Waals surface area contributed by atoms with Crippen LogP contribution in [0.4, 0.5) is 0 Å². The van der Waals surface area contributed by atoms with Crippen LogP contribution in [0.15, 0.2) is 60.7 Å². The minimum Gasteiger partial charge on any atom is -0.748 e. The van der Waals surface area contributed by atoms with Crippen LogP contribution >= 0.6 is 0 Å². The van der Waals surface area contributed by atoms with Crippen LogP contribution in [0.2, 0.25) is 0 Å². The molecule has 0 unspecified atom stereocenters. The summed E-state index contributed by atoms with van der Waals surface area (Å²) >= 11 is 0. The Morgan fingerprint density at radius 2 is 1.00 bits per heavy atom. The monoisotopic (exact) mass is 439 g/mol. The highest BCUT2D eigenvalue weighted by Crippen LogP contribution is 2.45. The molecular formula is C25H31N2O3S-. The summed E-state index contributed by atoms with van der Waals surface area (Å²) in [6.45, 7) is 12.0. The van der Waals surface area contributed by atoms with Gasteiger partial charge in [-0.2, -0.15) is 0 Å². The summed E-state index contributed by atoms with van der Waals surface area (Å²) in [7, 11) is -3.92. The topological polar surface area (TPSA) is 83.0 Å². The second kappa shape index (κ2) is 12.1. The molecule has 5 nitrogen and oxygen atoms in total. The molecule has 0 saturated carbocycles. The van der Waals surface area contributed by atoms with Crippen molar-refractivity contribution in [1.82, 2.24) is 9.97 Å². The predicted molar refractivity (Wildman–Crippen MR) is 131 cm³/mol. The van der Waals surface area contributed by atoms with Gasteiger partial charge < -0.3 is 4.55 Å². The molecule has 0 aliphatic heterocycles. The zero-order valence-corrected chi connectivity index (χ0v) is 20.1. The highest BCUT2D eigenvalue weighted by atomic mass is 32.2. The van der Waals surface area contributed by atoms with E-state index in [-0.39, 0.29) is 0 Å². The molecule has 6 heteroatoms. The molecule has 0 spiro atoms. The summed E-state index contributed by atoms with van der Waals surface area (Å²) in [4.78, 5) is 9.67. The quantitative estimate of drug-likeness (QED) is 0.252. The van der Waals surface area contributed by atoms with Gasteiger partial charge in [0.15, 0.2) is 0 Å².